The van der Waals surface area contributed by atoms with Gasteiger partial charge in [-0.25, -0.2) is 9.38 Å². The normalized spacial score (nSPS) is 19.3. The van der Waals surface area contributed by atoms with E-state index in [1.807, 2.05) is 0 Å². The van der Waals surface area contributed by atoms with Crippen LogP contribution in [0.25, 0.3) is 0 Å². The molecular formula is C11H14FN3O. The van der Waals surface area contributed by atoms with Gasteiger partial charge in [0.1, 0.15) is 18.5 Å². The SMILES string of the molecule is NC1=N[C@H](CNCc2ccc(F)cc2)CO1. The third-order valence-corrected chi connectivity index (χ3v) is 2.36. The maximum Gasteiger partial charge on any atom is 0.282 e. The molecule has 0 fully saturated rings. The van der Waals surface area contributed by atoms with Crippen LogP contribution in [0, 0.1) is 5.82 Å². The zero-order chi connectivity index (χ0) is 11.4. The van der Waals surface area contributed by atoms with Crippen LogP contribution >= 0.6 is 0 Å². The molecule has 0 spiro atoms. The first-order valence-electron chi connectivity index (χ1n) is 5.15. The van der Waals surface area contributed by atoms with E-state index in [4.69, 9.17) is 10.5 Å². The Hall–Kier alpha value is -1.62. The van der Waals surface area contributed by atoms with Gasteiger partial charge in [-0.1, -0.05) is 12.1 Å². The number of hydrogen-bond acceptors (Lipinski definition) is 4. The fraction of sp³-hybridized carbons (Fsp3) is 0.364. The highest BCUT2D eigenvalue weighted by Gasteiger charge is 2.15. The fourth-order valence-corrected chi connectivity index (χ4v) is 1.53. The van der Waals surface area contributed by atoms with Gasteiger partial charge in [-0.05, 0) is 17.7 Å². The molecule has 0 radical (unpaired) electrons. The van der Waals surface area contributed by atoms with Crippen molar-refractivity contribution in [3.8, 4) is 0 Å². The molecule has 5 heteroatoms. The van der Waals surface area contributed by atoms with Crippen molar-refractivity contribution < 1.29 is 9.13 Å². The van der Waals surface area contributed by atoms with E-state index in [0.29, 0.717) is 19.7 Å². The van der Waals surface area contributed by atoms with E-state index in [9.17, 15) is 4.39 Å². The van der Waals surface area contributed by atoms with Crippen molar-refractivity contribution in [2.45, 2.75) is 12.6 Å². The minimum Gasteiger partial charge on any atom is -0.463 e. The molecule has 1 aliphatic rings. The number of rotatable bonds is 4. The summed E-state index contributed by atoms with van der Waals surface area (Å²) in [5, 5.41) is 3.22. The predicted molar refractivity (Wildman–Crippen MR) is 59.5 cm³/mol. The van der Waals surface area contributed by atoms with Gasteiger partial charge in [-0.3, -0.25) is 0 Å². The van der Waals surface area contributed by atoms with Gasteiger partial charge in [0, 0.05) is 13.1 Å². The monoisotopic (exact) mass is 223 g/mol. The predicted octanol–water partition coefficient (Wildman–Crippen LogP) is 0.629. The second-order valence-corrected chi connectivity index (χ2v) is 3.69. The summed E-state index contributed by atoms with van der Waals surface area (Å²) in [6.07, 6.45) is 0. The van der Waals surface area contributed by atoms with Crippen LogP contribution in [0.3, 0.4) is 0 Å². The third-order valence-electron chi connectivity index (χ3n) is 2.36. The number of nitrogens with two attached hydrogens (primary N) is 1. The van der Waals surface area contributed by atoms with E-state index >= 15 is 0 Å². The molecule has 0 unspecified atom stereocenters. The highest BCUT2D eigenvalue weighted by Crippen LogP contribution is 2.03. The Kier molecular flexibility index (Phi) is 3.36. The van der Waals surface area contributed by atoms with Crippen molar-refractivity contribution in [2.24, 2.45) is 10.7 Å². The van der Waals surface area contributed by atoms with Crippen LogP contribution in [-0.2, 0) is 11.3 Å². The number of halogens is 1. The highest BCUT2D eigenvalue weighted by atomic mass is 19.1. The standard InChI is InChI=1S/C11H14FN3O/c12-9-3-1-8(2-4-9)5-14-6-10-7-16-11(13)15-10/h1-4,10,14H,5-7H2,(H2,13,15)/t10-/m1/s1. The van der Waals surface area contributed by atoms with E-state index in [2.05, 4.69) is 10.3 Å². The number of nitrogens with zero attached hydrogens (tertiary/aromatic N) is 1. The first-order valence-corrected chi connectivity index (χ1v) is 5.15. The van der Waals surface area contributed by atoms with Crippen LogP contribution in [0.15, 0.2) is 29.3 Å². The molecule has 1 aliphatic heterocycles. The molecule has 1 aromatic carbocycles. The topological polar surface area (TPSA) is 59.6 Å². The van der Waals surface area contributed by atoms with Gasteiger partial charge in [0.25, 0.3) is 6.02 Å². The van der Waals surface area contributed by atoms with Gasteiger partial charge < -0.3 is 15.8 Å². The van der Waals surface area contributed by atoms with Crippen molar-refractivity contribution in [2.75, 3.05) is 13.2 Å². The molecular weight excluding hydrogens is 209 g/mol. The Morgan fingerprint density at radius 3 is 2.81 bits per heavy atom. The third kappa shape index (κ3) is 2.93. The summed E-state index contributed by atoms with van der Waals surface area (Å²) in [6, 6.07) is 6.75. The second-order valence-electron chi connectivity index (χ2n) is 3.69. The lowest BCUT2D eigenvalue weighted by molar-refractivity contribution is 0.309. The molecule has 0 amide bonds. The molecule has 86 valence electrons. The minimum atomic E-state index is -0.217. The van der Waals surface area contributed by atoms with E-state index in [0.717, 1.165) is 5.56 Å². The van der Waals surface area contributed by atoms with Crippen LogP contribution in [0.2, 0.25) is 0 Å². The largest absolute Gasteiger partial charge is 0.463 e. The molecule has 3 N–H and O–H groups in total. The lowest BCUT2D eigenvalue weighted by Crippen LogP contribution is -2.26. The molecule has 1 atom stereocenters. The molecule has 0 aromatic heterocycles. The molecule has 0 saturated carbocycles. The molecule has 1 heterocycles. The molecule has 0 saturated heterocycles. The fourth-order valence-electron chi connectivity index (χ4n) is 1.53. The van der Waals surface area contributed by atoms with E-state index in [1.165, 1.54) is 12.1 Å². The zero-order valence-corrected chi connectivity index (χ0v) is 8.82. The number of amidine groups is 1. The Labute approximate surface area is 93.3 Å². The minimum absolute atomic E-state index is 0.0837. The number of aliphatic imine (C=N–C) groups is 1. The number of hydrogen-bond donors (Lipinski definition) is 2. The average molecular weight is 223 g/mol. The van der Waals surface area contributed by atoms with Crippen molar-refractivity contribution in [3.63, 3.8) is 0 Å². The van der Waals surface area contributed by atoms with E-state index in [1.54, 1.807) is 12.1 Å². The summed E-state index contributed by atoms with van der Waals surface area (Å²) >= 11 is 0. The van der Waals surface area contributed by atoms with Crippen LogP contribution in [0.4, 0.5) is 4.39 Å². The van der Waals surface area contributed by atoms with Crippen LogP contribution < -0.4 is 11.1 Å². The number of ether oxygens (including phenoxy) is 1. The Bertz CT molecular complexity index is 377. The summed E-state index contributed by atoms with van der Waals surface area (Å²) < 4.78 is 17.7. The number of nitrogens with one attached hydrogen (secondary N) is 1. The molecule has 2 rings (SSSR count). The van der Waals surface area contributed by atoms with Gasteiger partial charge >= 0.3 is 0 Å². The van der Waals surface area contributed by atoms with Crippen LogP contribution in [0.1, 0.15) is 5.56 Å². The first kappa shape index (κ1) is 10.9. The van der Waals surface area contributed by atoms with Crippen LogP contribution in [-0.4, -0.2) is 25.2 Å². The maximum absolute atomic E-state index is 12.6. The number of benzene rings is 1. The average Bonchev–Trinajstić information content (AvgIpc) is 2.67. The molecule has 0 bridgehead atoms. The van der Waals surface area contributed by atoms with Gasteiger partial charge in [0.2, 0.25) is 0 Å². The summed E-state index contributed by atoms with van der Waals surface area (Å²) in [5.41, 5.74) is 6.42. The van der Waals surface area contributed by atoms with Crippen molar-refractivity contribution in [1.82, 2.24) is 5.32 Å². The van der Waals surface area contributed by atoms with E-state index in [-0.39, 0.29) is 17.9 Å². The van der Waals surface area contributed by atoms with Crippen molar-refractivity contribution in [1.29, 1.82) is 0 Å². The molecule has 0 aliphatic carbocycles. The van der Waals surface area contributed by atoms with Crippen molar-refractivity contribution in [3.05, 3.63) is 35.6 Å². The highest BCUT2D eigenvalue weighted by molar-refractivity contribution is 5.73. The Balaban J connectivity index is 1.74. The quantitative estimate of drug-likeness (QED) is 0.787. The summed E-state index contributed by atoms with van der Waals surface area (Å²) in [6.45, 7) is 1.92. The van der Waals surface area contributed by atoms with Crippen molar-refractivity contribution >= 4 is 6.02 Å². The lowest BCUT2D eigenvalue weighted by Gasteiger charge is -2.07. The molecule has 4 nitrogen and oxygen atoms in total. The second kappa shape index (κ2) is 4.94. The lowest BCUT2D eigenvalue weighted by atomic mass is 10.2. The summed E-state index contributed by atoms with van der Waals surface area (Å²) in [7, 11) is 0. The Morgan fingerprint density at radius 2 is 2.19 bits per heavy atom. The Morgan fingerprint density at radius 1 is 1.44 bits per heavy atom. The van der Waals surface area contributed by atoms with Gasteiger partial charge in [-0.15, -0.1) is 0 Å². The first-order chi connectivity index (χ1) is 7.74. The van der Waals surface area contributed by atoms with Crippen LogP contribution in [0.5, 0.6) is 0 Å². The van der Waals surface area contributed by atoms with Gasteiger partial charge in [0.15, 0.2) is 0 Å². The van der Waals surface area contributed by atoms with Gasteiger partial charge in [0.05, 0.1) is 0 Å². The van der Waals surface area contributed by atoms with E-state index < -0.39 is 0 Å². The van der Waals surface area contributed by atoms with Gasteiger partial charge in [-0.2, -0.15) is 0 Å². The smallest absolute Gasteiger partial charge is 0.282 e. The maximum atomic E-state index is 12.6. The molecule has 1 aromatic rings. The molecule has 16 heavy (non-hydrogen) atoms. The summed E-state index contributed by atoms with van der Waals surface area (Å²) in [4.78, 5) is 4.08. The summed E-state index contributed by atoms with van der Waals surface area (Å²) in [5.74, 6) is -0.217. The zero-order valence-electron chi connectivity index (χ0n) is 8.82.